The van der Waals surface area contributed by atoms with Crippen molar-refractivity contribution in [3.63, 3.8) is 0 Å². The standard InChI is InChI=1S/C9H16N6/c1-13-2-3-14(7-13)4-5-15-9(11)8(10)6-12-15/h2-3,6H,4-5,7,10-11H2,1H3. The first kappa shape index (κ1) is 9.70. The van der Waals surface area contributed by atoms with Crippen molar-refractivity contribution in [3.8, 4) is 0 Å². The third-order valence-corrected chi connectivity index (χ3v) is 2.45. The van der Waals surface area contributed by atoms with Crippen LogP contribution in [0.3, 0.4) is 0 Å². The van der Waals surface area contributed by atoms with Gasteiger partial charge in [-0.15, -0.1) is 0 Å². The minimum absolute atomic E-state index is 0.545. The second-order valence-corrected chi connectivity index (χ2v) is 3.72. The SMILES string of the molecule is CN1C=CN(CCn2ncc(N)c2N)C1. The van der Waals surface area contributed by atoms with Crippen molar-refractivity contribution in [1.82, 2.24) is 19.6 Å². The molecule has 6 nitrogen and oxygen atoms in total. The lowest BCUT2D eigenvalue weighted by atomic mass is 10.5. The smallest absolute Gasteiger partial charge is 0.145 e. The Kier molecular flexibility index (Phi) is 2.40. The molecule has 0 atom stereocenters. The Labute approximate surface area is 88.7 Å². The highest BCUT2D eigenvalue weighted by atomic mass is 15.4. The Morgan fingerprint density at radius 2 is 2.13 bits per heavy atom. The van der Waals surface area contributed by atoms with Gasteiger partial charge in [0, 0.05) is 26.0 Å². The molecule has 0 aliphatic carbocycles. The lowest BCUT2D eigenvalue weighted by Gasteiger charge is -2.18. The van der Waals surface area contributed by atoms with Crippen LogP contribution in [0.15, 0.2) is 18.6 Å². The zero-order valence-corrected chi connectivity index (χ0v) is 8.80. The van der Waals surface area contributed by atoms with E-state index in [-0.39, 0.29) is 0 Å². The molecule has 82 valence electrons. The van der Waals surface area contributed by atoms with Gasteiger partial charge in [0.2, 0.25) is 0 Å². The summed E-state index contributed by atoms with van der Waals surface area (Å²) in [4.78, 5) is 4.30. The number of nitrogen functional groups attached to an aromatic ring is 2. The summed E-state index contributed by atoms with van der Waals surface area (Å²) in [7, 11) is 2.04. The van der Waals surface area contributed by atoms with Crippen molar-refractivity contribution in [2.45, 2.75) is 6.54 Å². The third-order valence-electron chi connectivity index (χ3n) is 2.45. The summed E-state index contributed by atoms with van der Waals surface area (Å²) in [5.74, 6) is 0.548. The average Bonchev–Trinajstić information content (AvgIpc) is 2.74. The quantitative estimate of drug-likeness (QED) is 0.714. The monoisotopic (exact) mass is 208 g/mol. The highest BCUT2D eigenvalue weighted by molar-refractivity contribution is 5.56. The maximum atomic E-state index is 5.74. The molecule has 0 fully saturated rings. The molecule has 0 spiro atoms. The summed E-state index contributed by atoms with van der Waals surface area (Å²) in [6.45, 7) is 2.55. The van der Waals surface area contributed by atoms with Gasteiger partial charge in [0.1, 0.15) is 5.82 Å². The Morgan fingerprint density at radius 1 is 1.33 bits per heavy atom. The highest BCUT2D eigenvalue weighted by Crippen LogP contribution is 2.12. The van der Waals surface area contributed by atoms with Crippen LogP contribution in [0, 0.1) is 0 Å². The summed E-state index contributed by atoms with van der Waals surface area (Å²) in [5.41, 5.74) is 11.9. The van der Waals surface area contributed by atoms with Gasteiger partial charge in [-0.05, 0) is 0 Å². The summed E-state index contributed by atoms with van der Waals surface area (Å²) in [6, 6.07) is 0. The molecule has 0 bridgehead atoms. The molecule has 0 aromatic carbocycles. The van der Waals surface area contributed by atoms with Crippen LogP contribution in [0.4, 0.5) is 11.5 Å². The van der Waals surface area contributed by atoms with E-state index in [1.165, 1.54) is 0 Å². The topological polar surface area (TPSA) is 76.3 Å². The molecule has 0 radical (unpaired) electrons. The van der Waals surface area contributed by atoms with Crippen molar-refractivity contribution >= 4 is 11.5 Å². The van der Waals surface area contributed by atoms with E-state index in [2.05, 4.69) is 21.1 Å². The zero-order valence-electron chi connectivity index (χ0n) is 8.80. The predicted octanol–water partition coefficient (Wildman–Crippen LogP) is -0.276. The molecule has 1 aromatic rings. The number of hydrogen-bond acceptors (Lipinski definition) is 5. The number of nitrogens with two attached hydrogens (primary N) is 2. The number of anilines is 2. The van der Waals surface area contributed by atoms with Crippen LogP contribution < -0.4 is 11.5 Å². The average molecular weight is 208 g/mol. The molecule has 0 unspecified atom stereocenters. The summed E-state index contributed by atoms with van der Waals surface area (Å²) < 4.78 is 1.72. The molecule has 1 aromatic heterocycles. The molecule has 1 aliphatic rings. The fraction of sp³-hybridized carbons (Fsp3) is 0.444. The summed E-state index contributed by atoms with van der Waals surface area (Å²) in [6.07, 6.45) is 5.69. The van der Waals surface area contributed by atoms with Crippen LogP contribution in [0.1, 0.15) is 0 Å². The lowest BCUT2D eigenvalue weighted by Crippen LogP contribution is -2.26. The Bertz CT molecular complexity index is 369. The molecule has 6 heteroatoms. The molecular weight excluding hydrogens is 192 g/mol. The van der Waals surface area contributed by atoms with Gasteiger partial charge in [0.15, 0.2) is 0 Å². The molecule has 2 heterocycles. The Balaban J connectivity index is 1.89. The van der Waals surface area contributed by atoms with Gasteiger partial charge in [-0.2, -0.15) is 5.10 Å². The first-order valence-electron chi connectivity index (χ1n) is 4.86. The van der Waals surface area contributed by atoms with Gasteiger partial charge in [-0.3, -0.25) is 0 Å². The fourth-order valence-electron chi connectivity index (χ4n) is 1.54. The maximum Gasteiger partial charge on any atom is 0.145 e. The van der Waals surface area contributed by atoms with Crippen molar-refractivity contribution < 1.29 is 0 Å². The van der Waals surface area contributed by atoms with Gasteiger partial charge < -0.3 is 21.3 Å². The van der Waals surface area contributed by atoms with E-state index < -0.39 is 0 Å². The number of hydrogen-bond donors (Lipinski definition) is 2. The fourth-order valence-corrected chi connectivity index (χ4v) is 1.54. The number of aromatic nitrogens is 2. The first-order chi connectivity index (χ1) is 7.16. The van der Waals surface area contributed by atoms with E-state index in [9.17, 15) is 0 Å². The van der Waals surface area contributed by atoms with Crippen LogP contribution in [0.2, 0.25) is 0 Å². The van der Waals surface area contributed by atoms with E-state index in [0.29, 0.717) is 11.5 Å². The van der Waals surface area contributed by atoms with E-state index >= 15 is 0 Å². The van der Waals surface area contributed by atoms with Crippen LogP contribution in [0.5, 0.6) is 0 Å². The van der Waals surface area contributed by atoms with Crippen molar-refractivity contribution in [2.75, 3.05) is 31.7 Å². The predicted molar refractivity (Wildman–Crippen MR) is 59.5 cm³/mol. The van der Waals surface area contributed by atoms with Crippen molar-refractivity contribution in [1.29, 1.82) is 0 Å². The third kappa shape index (κ3) is 1.98. The first-order valence-corrected chi connectivity index (χ1v) is 4.86. The normalized spacial score (nSPS) is 15.3. The molecule has 2 rings (SSSR count). The number of rotatable bonds is 3. The highest BCUT2D eigenvalue weighted by Gasteiger charge is 2.09. The van der Waals surface area contributed by atoms with Gasteiger partial charge in [-0.1, -0.05) is 0 Å². The Morgan fingerprint density at radius 3 is 2.67 bits per heavy atom. The lowest BCUT2D eigenvalue weighted by molar-refractivity contribution is 0.284. The molecule has 4 N–H and O–H groups in total. The van der Waals surface area contributed by atoms with E-state index in [1.807, 2.05) is 13.2 Å². The van der Waals surface area contributed by atoms with Crippen molar-refractivity contribution in [2.24, 2.45) is 0 Å². The van der Waals surface area contributed by atoms with Gasteiger partial charge in [-0.25, -0.2) is 4.68 Å². The summed E-state index contributed by atoms with van der Waals surface area (Å²) in [5, 5.41) is 4.10. The molecular formula is C9H16N6. The molecule has 0 saturated carbocycles. The van der Waals surface area contributed by atoms with E-state index in [1.54, 1.807) is 10.9 Å². The zero-order chi connectivity index (χ0) is 10.8. The van der Waals surface area contributed by atoms with Crippen molar-refractivity contribution in [3.05, 3.63) is 18.6 Å². The number of nitrogens with zero attached hydrogens (tertiary/aromatic N) is 4. The van der Waals surface area contributed by atoms with E-state index in [0.717, 1.165) is 19.8 Å². The van der Waals surface area contributed by atoms with Gasteiger partial charge in [0.05, 0.1) is 25.1 Å². The van der Waals surface area contributed by atoms with Crippen LogP contribution in [-0.2, 0) is 6.54 Å². The summed E-state index contributed by atoms with van der Waals surface area (Å²) >= 11 is 0. The maximum absolute atomic E-state index is 5.74. The second kappa shape index (κ2) is 3.72. The molecule has 0 saturated heterocycles. The van der Waals surface area contributed by atoms with E-state index in [4.69, 9.17) is 11.5 Å². The van der Waals surface area contributed by atoms with Crippen LogP contribution in [0.25, 0.3) is 0 Å². The molecule has 0 amide bonds. The Hall–Kier alpha value is -1.85. The van der Waals surface area contributed by atoms with Crippen LogP contribution in [-0.4, -0.2) is 39.8 Å². The molecule has 15 heavy (non-hydrogen) atoms. The van der Waals surface area contributed by atoms with Crippen LogP contribution >= 0.6 is 0 Å². The van der Waals surface area contributed by atoms with Gasteiger partial charge in [0.25, 0.3) is 0 Å². The minimum Gasteiger partial charge on any atom is -0.394 e. The van der Waals surface area contributed by atoms with Gasteiger partial charge >= 0.3 is 0 Å². The largest absolute Gasteiger partial charge is 0.394 e. The molecule has 1 aliphatic heterocycles. The second-order valence-electron chi connectivity index (χ2n) is 3.72. The minimum atomic E-state index is 0.545.